The van der Waals surface area contributed by atoms with Crippen molar-refractivity contribution in [1.82, 2.24) is 15.5 Å². The van der Waals surface area contributed by atoms with Crippen LogP contribution >= 0.6 is 0 Å². The molecule has 0 bridgehead atoms. The Morgan fingerprint density at radius 2 is 1.77 bits per heavy atom. The van der Waals surface area contributed by atoms with Gasteiger partial charge in [-0.2, -0.15) is 0 Å². The number of aliphatic hydroxyl groups is 1. The van der Waals surface area contributed by atoms with Crippen LogP contribution in [-0.4, -0.2) is 87.4 Å². The number of urea groups is 1. The maximum atomic E-state index is 13.8. The zero-order valence-corrected chi connectivity index (χ0v) is 26.7. The predicted molar refractivity (Wildman–Crippen MR) is 171 cm³/mol. The van der Waals surface area contributed by atoms with Gasteiger partial charge in [-0.05, 0) is 56.4 Å². The van der Waals surface area contributed by atoms with Crippen molar-refractivity contribution in [2.45, 2.75) is 76.5 Å². The molecule has 44 heavy (non-hydrogen) atoms. The second-order valence-electron chi connectivity index (χ2n) is 11.8. The molecule has 0 radical (unpaired) electrons. The average Bonchev–Trinajstić information content (AvgIpc) is 3.45. The molecule has 4 rings (SSSR count). The van der Waals surface area contributed by atoms with Crippen LogP contribution in [0.25, 0.3) is 0 Å². The second kappa shape index (κ2) is 14.9. The van der Waals surface area contributed by atoms with Crippen LogP contribution in [0.4, 0.5) is 16.2 Å². The molecular weight excluding hydrogens is 582 g/mol. The van der Waals surface area contributed by atoms with Gasteiger partial charge in [-0.3, -0.25) is 13.9 Å². The van der Waals surface area contributed by atoms with Gasteiger partial charge in [0.15, 0.2) is 0 Å². The normalized spacial score (nSPS) is 17.2. The van der Waals surface area contributed by atoms with Crippen molar-refractivity contribution in [3.05, 3.63) is 59.7 Å². The fraction of sp³-hybridized carbons (Fsp3) is 0.531. The van der Waals surface area contributed by atoms with Crippen molar-refractivity contribution in [2.24, 2.45) is 0 Å². The Hall–Kier alpha value is -3.64. The molecule has 1 aliphatic heterocycles. The zero-order valence-electron chi connectivity index (χ0n) is 25.9. The van der Waals surface area contributed by atoms with Gasteiger partial charge in [-0.25, -0.2) is 13.2 Å². The minimum Gasteiger partial charge on any atom is -0.389 e. The van der Waals surface area contributed by atoms with E-state index in [1.165, 1.54) is 19.5 Å². The van der Waals surface area contributed by atoms with Gasteiger partial charge < -0.3 is 25.5 Å². The van der Waals surface area contributed by atoms with E-state index in [-0.39, 0.29) is 35.8 Å². The number of nitrogens with zero attached hydrogens (tertiary/aromatic N) is 3. The molecular formula is C32H45N5O6S. The van der Waals surface area contributed by atoms with Gasteiger partial charge in [0.05, 0.1) is 30.6 Å². The van der Waals surface area contributed by atoms with Crippen molar-refractivity contribution in [2.75, 3.05) is 42.1 Å². The molecule has 2 aliphatic rings. The summed E-state index contributed by atoms with van der Waals surface area (Å²) in [6.07, 6.45) is 6.53. The largest absolute Gasteiger partial charge is 0.389 e. The highest BCUT2D eigenvalue weighted by Gasteiger charge is 2.29. The Bertz CT molecular complexity index is 1410. The smallest absolute Gasteiger partial charge is 0.317 e. The molecule has 1 heterocycles. The maximum absolute atomic E-state index is 13.8. The van der Waals surface area contributed by atoms with Gasteiger partial charge in [0, 0.05) is 43.9 Å². The van der Waals surface area contributed by atoms with Crippen LogP contribution in [0.1, 0.15) is 67.8 Å². The summed E-state index contributed by atoms with van der Waals surface area (Å²) in [6.45, 7) is 2.71. The number of carbonyl (C=O) groups excluding carboxylic acids is 3. The number of hydrogen-bond acceptors (Lipinski definition) is 6. The van der Waals surface area contributed by atoms with Crippen LogP contribution in [-0.2, 0) is 21.2 Å². The van der Waals surface area contributed by atoms with Crippen LogP contribution in [0, 0.1) is 0 Å². The van der Waals surface area contributed by atoms with Gasteiger partial charge >= 0.3 is 6.03 Å². The summed E-state index contributed by atoms with van der Waals surface area (Å²) in [5, 5.41) is 17.5. The van der Waals surface area contributed by atoms with E-state index in [4.69, 9.17) is 0 Å². The predicted octanol–water partition coefficient (Wildman–Crippen LogP) is 3.28. The van der Waals surface area contributed by atoms with Crippen LogP contribution in [0.15, 0.2) is 48.5 Å². The number of anilines is 2. The first-order chi connectivity index (χ1) is 21.0. The SMILES string of the molecule is CCN(C[C@H](O)[C@H](Cc1ccccc1)NC(=O)c1cc(N2CCCC2=O)cc(N(C)S(C)(=O)=O)c1)C(=O)NC1CCCCC1. The zero-order chi connectivity index (χ0) is 31.9. The van der Waals surface area contributed by atoms with Gasteiger partial charge in [0.1, 0.15) is 0 Å². The summed E-state index contributed by atoms with van der Waals surface area (Å²) in [5.41, 5.74) is 1.72. The van der Waals surface area contributed by atoms with Crippen LogP contribution in [0.3, 0.4) is 0 Å². The van der Waals surface area contributed by atoms with E-state index in [2.05, 4.69) is 10.6 Å². The minimum atomic E-state index is -3.65. The maximum Gasteiger partial charge on any atom is 0.317 e. The lowest BCUT2D eigenvalue weighted by molar-refractivity contribution is -0.117. The van der Waals surface area contributed by atoms with Crippen LogP contribution in [0.5, 0.6) is 0 Å². The molecule has 240 valence electrons. The van der Waals surface area contributed by atoms with Crippen LogP contribution < -0.4 is 19.8 Å². The van der Waals surface area contributed by atoms with E-state index in [0.717, 1.165) is 41.8 Å². The lowest BCUT2D eigenvalue weighted by atomic mass is 9.96. The molecule has 0 spiro atoms. The molecule has 1 saturated carbocycles. The quantitative estimate of drug-likeness (QED) is 0.330. The number of hydrogen-bond donors (Lipinski definition) is 3. The third kappa shape index (κ3) is 8.72. The van der Waals surface area contributed by atoms with Gasteiger partial charge in [0.25, 0.3) is 5.91 Å². The van der Waals surface area contributed by atoms with Crippen molar-refractivity contribution >= 4 is 39.2 Å². The first-order valence-corrected chi connectivity index (χ1v) is 17.3. The van der Waals surface area contributed by atoms with Crippen molar-refractivity contribution in [3.63, 3.8) is 0 Å². The lowest BCUT2D eigenvalue weighted by Gasteiger charge is -2.32. The van der Waals surface area contributed by atoms with Crippen molar-refractivity contribution in [1.29, 1.82) is 0 Å². The highest BCUT2D eigenvalue weighted by molar-refractivity contribution is 7.92. The first kappa shape index (κ1) is 33.3. The van der Waals surface area contributed by atoms with Gasteiger partial charge in [-0.15, -0.1) is 0 Å². The molecule has 11 nitrogen and oxygen atoms in total. The number of amides is 4. The minimum absolute atomic E-state index is 0.0111. The van der Waals surface area contributed by atoms with E-state index in [0.29, 0.717) is 38.0 Å². The molecule has 0 unspecified atom stereocenters. The number of aliphatic hydroxyl groups excluding tert-OH is 1. The van der Waals surface area contributed by atoms with E-state index < -0.39 is 28.1 Å². The van der Waals surface area contributed by atoms with Gasteiger partial charge in [-0.1, -0.05) is 49.6 Å². The summed E-state index contributed by atoms with van der Waals surface area (Å²) >= 11 is 0. The monoisotopic (exact) mass is 627 g/mol. The van der Waals surface area contributed by atoms with E-state index in [1.54, 1.807) is 21.9 Å². The Balaban J connectivity index is 1.58. The second-order valence-corrected chi connectivity index (χ2v) is 13.8. The summed E-state index contributed by atoms with van der Waals surface area (Å²) in [5.74, 6) is -0.629. The lowest BCUT2D eigenvalue weighted by Crippen LogP contribution is -2.53. The summed E-state index contributed by atoms with van der Waals surface area (Å²) < 4.78 is 25.8. The molecule has 1 aliphatic carbocycles. The molecule has 3 N–H and O–H groups in total. The fourth-order valence-corrected chi connectivity index (χ4v) is 6.29. The van der Waals surface area contributed by atoms with Crippen molar-refractivity contribution in [3.8, 4) is 0 Å². The van der Waals surface area contributed by atoms with E-state index in [9.17, 15) is 27.9 Å². The highest BCUT2D eigenvalue weighted by atomic mass is 32.2. The number of carbonyl (C=O) groups is 3. The topological polar surface area (TPSA) is 139 Å². The first-order valence-electron chi connectivity index (χ1n) is 15.4. The third-order valence-corrected chi connectivity index (χ3v) is 9.71. The Morgan fingerprint density at radius 1 is 1.07 bits per heavy atom. The molecule has 2 fully saturated rings. The molecule has 0 aromatic heterocycles. The molecule has 1 saturated heterocycles. The number of nitrogens with one attached hydrogen (secondary N) is 2. The van der Waals surface area contributed by atoms with Crippen LogP contribution in [0.2, 0.25) is 0 Å². The standard InChI is InChI=1S/C32H45N5O6S/c1-4-36(32(41)33-25-14-9-6-10-15-25)22-29(38)28(18-23-12-7-5-8-13-23)34-31(40)24-19-26(35(2)44(3,42)43)21-27(20-24)37-17-11-16-30(37)39/h5,7-8,12-13,19-21,25,28-29,38H,4,6,9-11,14-18,22H2,1-3H3,(H,33,41)(H,34,40)/t28-,29-/m0/s1. The number of likely N-dealkylation sites (N-methyl/N-ethyl adjacent to an activating group) is 1. The molecule has 2 atom stereocenters. The molecule has 2 aromatic carbocycles. The number of rotatable bonds is 12. The van der Waals surface area contributed by atoms with Crippen molar-refractivity contribution < 1.29 is 27.9 Å². The van der Waals surface area contributed by atoms with E-state index >= 15 is 0 Å². The van der Waals surface area contributed by atoms with Gasteiger partial charge in [0.2, 0.25) is 15.9 Å². The molecule has 12 heteroatoms. The molecule has 4 amide bonds. The Kier molecular flexibility index (Phi) is 11.3. The highest BCUT2D eigenvalue weighted by Crippen LogP contribution is 2.29. The fourth-order valence-electron chi connectivity index (χ4n) is 5.80. The summed E-state index contributed by atoms with van der Waals surface area (Å²) in [6, 6.07) is 13.2. The summed E-state index contributed by atoms with van der Waals surface area (Å²) in [4.78, 5) is 42.5. The Labute approximate surface area is 260 Å². The average molecular weight is 628 g/mol. The molecule has 2 aromatic rings. The Morgan fingerprint density at radius 3 is 2.39 bits per heavy atom. The third-order valence-electron chi connectivity index (χ3n) is 8.50. The number of benzene rings is 2. The number of sulfonamides is 1. The van der Waals surface area contributed by atoms with E-state index in [1.807, 2.05) is 37.3 Å². The summed E-state index contributed by atoms with van der Waals surface area (Å²) in [7, 11) is -2.26.